The largest absolute Gasteiger partial charge is 0.240 e. The molecule has 0 saturated heterocycles. The Morgan fingerprint density at radius 3 is 2.32 bits per heavy atom. The maximum atomic E-state index is 5.89. The monoisotopic (exact) mass is 274 g/mol. The summed E-state index contributed by atoms with van der Waals surface area (Å²) in [4.78, 5) is 9.15. The zero-order chi connectivity index (χ0) is 13.7. The van der Waals surface area contributed by atoms with Crippen LogP contribution in [0.2, 0.25) is 0 Å². The molecule has 2 aromatic rings. The number of benzene rings is 1. The highest BCUT2D eigenvalue weighted by atomic mass is 35.5. The van der Waals surface area contributed by atoms with Crippen LogP contribution >= 0.6 is 11.6 Å². The molecule has 0 N–H and O–H groups in total. The van der Waals surface area contributed by atoms with Crippen LogP contribution in [0.5, 0.6) is 0 Å². The standard InChI is InChI=1S/C16H19ClN2/c1-3-16(4-2,13-8-6-5-7-9-13)15-18-11-10-14(12-17)19-15/h5-11H,3-4,12H2,1-2H3. The Balaban J connectivity index is 2.55. The summed E-state index contributed by atoms with van der Waals surface area (Å²) in [6, 6.07) is 12.4. The van der Waals surface area contributed by atoms with Crippen molar-refractivity contribution in [1.29, 1.82) is 0 Å². The summed E-state index contributed by atoms with van der Waals surface area (Å²) in [6.07, 6.45) is 3.75. The van der Waals surface area contributed by atoms with E-state index in [2.05, 4.69) is 48.1 Å². The highest BCUT2D eigenvalue weighted by Crippen LogP contribution is 2.36. The third-order valence-corrected chi connectivity index (χ3v) is 4.09. The van der Waals surface area contributed by atoms with Gasteiger partial charge >= 0.3 is 0 Å². The highest BCUT2D eigenvalue weighted by molar-refractivity contribution is 6.16. The third kappa shape index (κ3) is 2.64. The van der Waals surface area contributed by atoms with Gasteiger partial charge in [-0.2, -0.15) is 0 Å². The molecule has 0 unspecified atom stereocenters. The van der Waals surface area contributed by atoms with Crippen molar-refractivity contribution < 1.29 is 0 Å². The summed E-state index contributed by atoms with van der Waals surface area (Å²) in [6.45, 7) is 4.38. The second-order valence-electron chi connectivity index (χ2n) is 4.66. The molecule has 2 rings (SSSR count). The highest BCUT2D eigenvalue weighted by Gasteiger charge is 2.33. The smallest absolute Gasteiger partial charge is 0.139 e. The molecule has 0 atom stereocenters. The summed E-state index contributed by atoms with van der Waals surface area (Å²) in [7, 11) is 0. The Bertz CT molecular complexity index is 521. The number of halogens is 1. The van der Waals surface area contributed by atoms with Gasteiger partial charge in [-0.15, -0.1) is 11.6 Å². The van der Waals surface area contributed by atoms with E-state index in [1.165, 1.54) is 5.56 Å². The van der Waals surface area contributed by atoms with Gasteiger partial charge in [0.05, 0.1) is 17.0 Å². The first kappa shape index (κ1) is 14.0. The normalized spacial score (nSPS) is 11.5. The zero-order valence-corrected chi connectivity index (χ0v) is 12.2. The number of nitrogens with zero attached hydrogens (tertiary/aromatic N) is 2. The summed E-state index contributed by atoms with van der Waals surface area (Å²) in [5.74, 6) is 1.30. The van der Waals surface area contributed by atoms with Crippen LogP contribution in [0.3, 0.4) is 0 Å². The molecule has 2 nitrogen and oxygen atoms in total. The lowest BCUT2D eigenvalue weighted by molar-refractivity contribution is 0.447. The molecule has 0 amide bonds. The molecule has 1 aromatic carbocycles. The Kier molecular flexibility index (Phi) is 4.54. The zero-order valence-electron chi connectivity index (χ0n) is 11.4. The molecule has 1 aromatic heterocycles. The summed E-state index contributed by atoms with van der Waals surface area (Å²) < 4.78 is 0. The van der Waals surface area contributed by atoms with Gasteiger partial charge in [-0.1, -0.05) is 44.2 Å². The molecule has 0 aliphatic carbocycles. The Morgan fingerprint density at radius 2 is 1.74 bits per heavy atom. The van der Waals surface area contributed by atoms with Crippen molar-refractivity contribution in [2.45, 2.75) is 38.0 Å². The van der Waals surface area contributed by atoms with Crippen molar-refractivity contribution in [2.24, 2.45) is 0 Å². The van der Waals surface area contributed by atoms with Gasteiger partial charge in [0.2, 0.25) is 0 Å². The predicted molar refractivity (Wildman–Crippen MR) is 79.4 cm³/mol. The first-order chi connectivity index (χ1) is 9.26. The third-order valence-electron chi connectivity index (χ3n) is 3.81. The van der Waals surface area contributed by atoms with Crippen LogP contribution in [0.15, 0.2) is 42.6 Å². The van der Waals surface area contributed by atoms with E-state index in [0.29, 0.717) is 5.88 Å². The first-order valence-corrected chi connectivity index (χ1v) is 7.24. The molecule has 0 aliphatic heterocycles. The molecule has 1 heterocycles. The lowest BCUT2D eigenvalue weighted by Gasteiger charge is -2.30. The Labute approximate surface area is 119 Å². The van der Waals surface area contributed by atoms with Crippen LogP contribution in [0.1, 0.15) is 43.8 Å². The fourth-order valence-corrected chi connectivity index (χ4v) is 2.71. The lowest BCUT2D eigenvalue weighted by Crippen LogP contribution is -2.29. The number of alkyl halides is 1. The van der Waals surface area contributed by atoms with E-state index in [1.54, 1.807) is 0 Å². The second-order valence-corrected chi connectivity index (χ2v) is 4.93. The molecule has 19 heavy (non-hydrogen) atoms. The van der Waals surface area contributed by atoms with Crippen LogP contribution in [-0.2, 0) is 11.3 Å². The minimum absolute atomic E-state index is 0.122. The number of hydrogen-bond donors (Lipinski definition) is 0. The van der Waals surface area contributed by atoms with E-state index in [9.17, 15) is 0 Å². The van der Waals surface area contributed by atoms with Crippen LogP contribution in [-0.4, -0.2) is 9.97 Å². The van der Waals surface area contributed by atoms with Crippen molar-refractivity contribution in [2.75, 3.05) is 0 Å². The number of hydrogen-bond acceptors (Lipinski definition) is 2. The minimum Gasteiger partial charge on any atom is -0.240 e. The van der Waals surface area contributed by atoms with Crippen molar-refractivity contribution in [3.05, 3.63) is 59.7 Å². The quantitative estimate of drug-likeness (QED) is 0.759. The fourth-order valence-electron chi connectivity index (χ4n) is 2.56. The van der Waals surface area contributed by atoms with Gasteiger partial charge < -0.3 is 0 Å². The molecule has 0 aliphatic rings. The van der Waals surface area contributed by atoms with Crippen molar-refractivity contribution in [3.8, 4) is 0 Å². The first-order valence-electron chi connectivity index (χ1n) is 6.70. The van der Waals surface area contributed by atoms with E-state index >= 15 is 0 Å². The molecule has 0 saturated carbocycles. The number of aromatic nitrogens is 2. The van der Waals surface area contributed by atoms with E-state index in [4.69, 9.17) is 11.6 Å². The number of rotatable bonds is 5. The molecule has 0 spiro atoms. The van der Waals surface area contributed by atoms with Crippen molar-refractivity contribution in [3.63, 3.8) is 0 Å². The average Bonchev–Trinajstić information content (AvgIpc) is 2.50. The van der Waals surface area contributed by atoms with Gasteiger partial charge in [-0.3, -0.25) is 0 Å². The molecular weight excluding hydrogens is 256 g/mol. The Hall–Kier alpha value is -1.41. The van der Waals surface area contributed by atoms with Crippen LogP contribution in [0, 0.1) is 0 Å². The SMILES string of the molecule is CCC(CC)(c1ccccc1)c1nccc(CCl)n1. The fraction of sp³-hybridized carbons (Fsp3) is 0.375. The predicted octanol–water partition coefficient (Wildman–Crippen LogP) is 4.32. The van der Waals surface area contributed by atoms with Gasteiger partial charge in [0, 0.05) is 6.20 Å². The molecule has 0 fully saturated rings. The molecule has 0 radical (unpaired) electrons. The molecule has 100 valence electrons. The van der Waals surface area contributed by atoms with Crippen LogP contribution in [0.25, 0.3) is 0 Å². The van der Waals surface area contributed by atoms with Crippen LogP contribution < -0.4 is 0 Å². The molecular formula is C16H19ClN2. The molecule has 0 bridgehead atoms. The summed E-state index contributed by atoms with van der Waals surface area (Å²) in [5.41, 5.74) is 2.03. The summed E-state index contributed by atoms with van der Waals surface area (Å²) >= 11 is 5.89. The lowest BCUT2D eigenvalue weighted by atomic mass is 9.75. The second kappa shape index (κ2) is 6.16. The summed E-state index contributed by atoms with van der Waals surface area (Å²) in [5, 5.41) is 0. The maximum Gasteiger partial charge on any atom is 0.139 e. The van der Waals surface area contributed by atoms with Crippen molar-refractivity contribution >= 4 is 11.6 Å². The van der Waals surface area contributed by atoms with E-state index < -0.39 is 0 Å². The van der Waals surface area contributed by atoms with Gasteiger partial charge in [-0.05, 0) is 24.5 Å². The Morgan fingerprint density at radius 1 is 1.05 bits per heavy atom. The van der Waals surface area contributed by atoms with E-state index in [1.807, 2.05) is 18.3 Å². The van der Waals surface area contributed by atoms with Gasteiger partial charge in [0.1, 0.15) is 5.82 Å². The van der Waals surface area contributed by atoms with Gasteiger partial charge in [0.25, 0.3) is 0 Å². The minimum atomic E-state index is -0.122. The van der Waals surface area contributed by atoms with Gasteiger partial charge in [0.15, 0.2) is 0 Å². The average molecular weight is 275 g/mol. The molecule has 3 heteroatoms. The van der Waals surface area contributed by atoms with Crippen LogP contribution in [0.4, 0.5) is 0 Å². The van der Waals surface area contributed by atoms with E-state index in [0.717, 1.165) is 24.4 Å². The maximum absolute atomic E-state index is 5.89. The van der Waals surface area contributed by atoms with E-state index in [-0.39, 0.29) is 5.41 Å². The van der Waals surface area contributed by atoms with Crippen molar-refractivity contribution in [1.82, 2.24) is 9.97 Å². The van der Waals surface area contributed by atoms with Gasteiger partial charge in [-0.25, -0.2) is 9.97 Å². The topological polar surface area (TPSA) is 25.8 Å².